The molecule has 2 fully saturated rings. The highest BCUT2D eigenvalue weighted by atomic mass is 32.2. The highest BCUT2D eigenvalue weighted by Crippen LogP contribution is 2.27. The van der Waals surface area contributed by atoms with E-state index >= 15 is 0 Å². The van der Waals surface area contributed by atoms with Crippen LogP contribution in [0.1, 0.15) is 66.2 Å². The summed E-state index contributed by atoms with van der Waals surface area (Å²) in [6.07, 6.45) is 6.02. The molecule has 0 aromatic rings. The maximum absolute atomic E-state index is 13.2. The zero-order valence-corrected chi connectivity index (χ0v) is 18.5. The Balaban J connectivity index is 1.95. The normalized spacial score (nSPS) is 20.3. The Morgan fingerprint density at radius 2 is 1.41 bits per heavy atom. The second kappa shape index (κ2) is 10.2. The van der Waals surface area contributed by atoms with Gasteiger partial charge in [-0.05, 0) is 37.5 Å². The van der Waals surface area contributed by atoms with Gasteiger partial charge in [0.15, 0.2) is 0 Å². The van der Waals surface area contributed by atoms with Gasteiger partial charge in [-0.1, -0.05) is 40.5 Å². The number of hydrogen-bond donors (Lipinski definition) is 0. The van der Waals surface area contributed by atoms with Crippen LogP contribution in [-0.4, -0.2) is 67.1 Å². The first-order valence-electron chi connectivity index (χ1n) is 10.8. The largest absolute Gasteiger partial charge is 0.340 e. The van der Waals surface area contributed by atoms with Crippen LogP contribution in [0.3, 0.4) is 0 Å². The monoisotopic (exact) mass is 401 g/mol. The first-order chi connectivity index (χ1) is 12.7. The average Bonchev–Trinajstić information content (AvgIpc) is 3.15. The van der Waals surface area contributed by atoms with Crippen LogP contribution in [0, 0.1) is 17.8 Å². The quantitative estimate of drug-likeness (QED) is 0.597. The molecule has 27 heavy (non-hydrogen) atoms. The summed E-state index contributed by atoms with van der Waals surface area (Å²) >= 11 is 0. The molecule has 1 heterocycles. The molecule has 0 aromatic carbocycles. The topological polar surface area (TPSA) is 60.9 Å². The Hall–Kier alpha value is -0.660. The second-order valence-corrected chi connectivity index (χ2v) is 10.9. The molecule has 0 atom stereocenters. The van der Waals surface area contributed by atoms with Gasteiger partial charge in [0.2, 0.25) is 5.91 Å². The summed E-state index contributed by atoms with van der Waals surface area (Å²) in [6.45, 7) is 11.5. The van der Waals surface area contributed by atoms with Gasteiger partial charge in [0.05, 0.1) is 0 Å². The van der Waals surface area contributed by atoms with Crippen LogP contribution in [0.15, 0.2) is 0 Å². The van der Waals surface area contributed by atoms with E-state index in [-0.39, 0.29) is 11.8 Å². The van der Waals surface area contributed by atoms with Crippen molar-refractivity contribution in [1.29, 1.82) is 0 Å². The molecule has 1 amide bonds. The van der Waals surface area contributed by atoms with E-state index in [0.717, 1.165) is 38.5 Å². The van der Waals surface area contributed by atoms with Crippen LogP contribution in [0.25, 0.3) is 0 Å². The first-order valence-corrected chi connectivity index (χ1v) is 12.2. The van der Waals surface area contributed by atoms with Crippen molar-refractivity contribution in [3.63, 3.8) is 0 Å². The van der Waals surface area contributed by atoms with E-state index in [4.69, 9.17) is 0 Å². The molecule has 0 aromatic heterocycles. The first kappa shape index (κ1) is 22.6. The highest BCUT2D eigenvalue weighted by molar-refractivity contribution is 7.86. The van der Waals surface area contributed by atoms with Crippen LogP contribution in [0.5, 0.6) is 0 Å². The van der Waals surface area contributed by atoms with Gasteiger partial charge in [-0.3, -0.25) is 4.79 Å². The van der Waals surface area contributed by atoms with Crippen LogP contribution >= 0.6 is 0 Å². The third-order valence-corrected chi connectivity index (χ3v) is 7.85. The lowest BCUT2D eigenvalue weighted by Crippen LogP contribution is -2.55. The fourth-order valence-corrected chi connectivity index (χ4v) is 5.50. The van der Waals surface area contributed by atoms with Crippen LogP contribution < -0.4 is 0 Å². The van der Waals surface area contributed by atoms with Crippen molar-refractivity contribution in [3.8, 4) is 0 Å². The lowest BCUT2D eigenvalue weighted by Gasteiger charge is -2.38. The van der Waals surface area contributed by atoms with Gasteiger partial charge in [-0.2, -0.15) is 17.0 Å². The van der Waals surface area contributed by atoms with Crippen molar-refractivity contribution < 1.29 is 13.2 Å². The number of piperazine rings is 1. The fraction of sp³-hybridized carbons (Fsp3) is 0.950. The number of carbonyl (C=O) groups is 1. The zero-order chi connectivity index (χ0) is 20.0. The summed E-state index contributed by atoms with van der Waals surface area (Å²) in [5.41, 5.74) is 0. The number of amides is 1. The molecule has 0 spiro atoms. The number of rotatable bonds is 9. The minimum Gasteiger partial charge on any atom is -0.340 e. The Morgan fingerprint density at radius 1 is 0.926 bits per heavy atom. The van der Waals surface area contributed by atoms with E-state index in [1.807, 2.05) is 4.90 Å². The standard InChI is InChI=1S/C20H39N3O3S/c1-17(2)9-11-22(12-10-18(3)4)27(25,26)23-15-13-21(14-16-23)20(24)19-7-5-6-8-19/h17-19H,5-16H2,1-4H3. The van der Waals surface area contributed by atoms with Crippen LogP contribution in [-0.2, 0) is 15.0 Å². The lowest BCUT2D eigenvalue weighted by atomic mass is 10.1. The summed E-state index contributed by atoms with van der Waals surface area (Å²) in [7, 11) is -3.45. The lowest BCUT2D eigenvalue weighted by molar-refractivity contribution is -0.136. The average molecular weight is 402 g/mol. The Kier molecular flexibility index (Phi) is 8.56. The molecule has 0 unspecified atom stereocenters. The molecule has 0 N–H and O–H groups in total. The maximum atomic E-state index is 13.2. The van der Waals surface area contributed by atoms with E-state index in [0.29, 0.717) is 51.1 Å². The predicted octanol–water partition coefficient (Wildman–Crippen LogP) is 2.96. The van der Waals surface area contributed by atoms with Gasteiger partial charge in [0.25, 0.3) is 10.2 Å². The van der Waals surface area contributed by atoms with Gasteiger partial charge in [-0.25, -0.2) is 0 Å². The Bertz CT molecular complexity index is 551. The van der Waals surface area contributed by atoms with Crippen molar-refractivity contribution in [3.05, 3.63) is 0 Å². The molecule has 1 saturated carbocycles. The predicted molar refractivity (Wildman–Crippen MR) is 110 cm³/mol. The number of carbonyl (C=O) groups excluding carboxylic acids is 1. The van der Waals surface area contributed by atoms with E-state index in [2.05, 4.69) is 27.7 Å². The van der Waals surface area contributed by atoms with E-state index in [9.17, 15) is 13.2 Å². The molecule has 158 valence electrons. The van der Waals surface area contributed by atoms with Gasteiger partial charge >= 0.3 is 0 Å². The van der Waals surface area contributed by atoms with E-state index < -0.39 is 10.2 Å². The van der Waals surface area contributed by atoms with Crippen molar-refractivity contribution in [1.82, 2.24) is 13.5 Å². The van der Waals surface area contributed by atoms with E-state index in [1.165, 1.54) is 0 Å². The third-order valence-electron chi connectivity index (χ3n) is 5.82. The fourth-order valence-electron chi connectivity index (χ4n) is 3.88. The zero-order valence-electron chi connectivity index (χ0n) is 17.7. The molecule has 2 aliphatic rings. The third kappa shape index (κ3) is 6.43. The number of hydrogen-bond acceptors (Lipinski definition) is 3. The summed E-state index contributed by atoms with van der Waals surface area (Å²) < 4.78 is 29.6. The molecular formula is C20H39N3O3S. The Morgan fingerprint density at radius 3 is 1.85 bits per heavy atom. The van der Waals surface area contributed by atoms with Gasteiger partial charge < -0.3 is 4.90 Å². The Labute approximate surface area is 166 Å². The molecule has 7 heteroatoms. The number of nitrogens with zero attached hydrogens (tertiary/aromatic N) is 3. The minimum atomic E-state index is -3.45. The maximum Gasteiger partial charge on any atom is 0.282 e. The summed E-state index contributed by atoms with van der Waals surface area (Å²) in [6, 6.07) is 0. The molecule has 1 aliphatic heterocycles. The van der Waals surface area contributed by atoms with Crippen molar-refractivity contribution >= 4 is 16.1 Å². The molecule has 0 radical (unpaired) electrons. The smallest absolute Gasteiger partial charge is 0.282 e. The van der Waals surface area contributed by atoms with Crippen LogP contribution in [0.2, 0.25) is 0 Å². The molecule has 6 nitrogen and oxygen atoms in total. The van der Waals surface area contributed by atoms with Gasteiger partial charge in [0, 0.05) is 45.2 Å². The molecule has 1 aliphatic carbocycles. The van der Waals surface area contributed by atoms with Gasteiger partial charge in [0.1, 0.15) is 0 Å². The highest BCUT2D eigenvalue weighted by Gasteiger charge is 2.35. The summed E-state index contributed by atoms with van der Waals surface area (Å²) in [4.78, 5) is 14.5. The van der Waals surface area contributed by atoms with Gasteiger partial charge in [-0.15, -0.1) is 0 Å². The summed E-state index contributed by atoms with van der Waals surface area (Å²) in [5.74, 6) is 1.35. The summed E-state index contributed by atoms with van der Waals surface area (Å²) in [5, 5.41) is 0. The molecular weight excluding hydrogens is 362 g/mol. The van der Waals surface area contributed by atoms with Crippen molar-refractivity contribution in [2.45, 2.75) is 66.2 Å². The van der Waals surface area contributed by atoms with E-state index in [1.54, 1.807) is 8.61 Å². The van der Waals surface area contributed by atoms with Crippen molar-refractivity contribution in [2.75, 3.05) is 39.3 Å². The molecule has 2 rings (SSSR count). The van der Waals surface area contributed by atoms with Crippen LogP contribution in [0.4, 0.5) is 0 Å². The minimum absolute atomic E-state index is 0.168. The second-order valence-electron chi connectivity index (χ2n) is 8.98. The molecule has 0 bridgehead atoms. The SMILES string of the molecule is CC(C)CCN(CCC(C)C)S(=O)(=O)N1CCN(C(=O)C2CCCC2)CC1. The molecule has 1 saturated heterocycles. The van der Waals surface area contributed by atoms with Crippen molar-refractivity contribution in [2.24, 2.45) is 17.8 Å².